The Kier molecular flexibility index (Phi) is 9.44. The van der Waals surface area contributed by atoms with E-state index in [9.17, 15) is 9.59 Å². The topological polar surface area (TPSA) is 58.2 Å². The second kappa shape index (κ2) is 11.8. The van der Waals surface area contributed by atoms with Gasteiger partial charge in [0.2, 0.25) is 5.91 Å². The lowest BCUT2D eigenvalue weighted by atomic mass is 10.1. The Morgan fingerprint density at radius 1 is 1.00 bits per heavy atom. The van der Waals surface area contributed by atoms with E-state index in [2.05, 4.69) is 41.8 Å². The van der Waals surface area contributed by atoms with Crippen LogP contribution < -0.4 is 10.6 Å². The van der Waals surface area contributed by atoms with Gasteiger partial charge in [0.15, 0.2) is 0 Å². The summed E-state index contributed by atoms with van der Waals surface area (Å²) < 4.78 is 0. The maximum atomic E-state index is 12.6. The van der Waals surface area contributed by atoms with E-state index in [1.165, 1.54) is 10.5 Å². The Labute approximate surface area is 176 Å². The number of aryl methyl sites for hydroxylation is 2. The molecular weight excluding hydrogens is 388 g/mol. The van der Waals surface area contributed by atoms with Crippen LogP contribution in [0.4, 0.5) is 0 Å². The summed E-state index contributed by atoms with van der Waals surface area (Å²) in [5.41, 5.74) is 2.83. The molecule has 1 unspecified atom stereocenters. The maximum absolute atomic E-state index is 12.6. The zero-order valence-electron chi connectivity index (χ0n) is 16.7. The minimum atomic E-state index is -0.523. The van der Waals surface area contributed by atoms with Crippen molar-refractivity contribution < 1.29 is 9.59 Å². The second-order valence-corrected chi connectivity index (χ2v) is 8.78. The van der Waals surface area contributed by atoms with Crippen molar-refractivity contribution in [1.82, 2.24) is 10.6 Å². The number of rotatable bonds is 10. The monoisotopic (exact) mass is 416 g/mol. The van der Waals surface area contributed by atoms with Crippen LogP contribution in [0, 0.1) is 13.8 Å². The lowest BCUT2D eigenvalue weighted by Crippen LogP contribution is -2.47. The van der Waals surface area contributed by atoms with Crippen molar-refractivity contribution in [1.29, 1.82) is 0 Å². The van der Waals surface area contributed by atoms with Crippen molar-refractivity contribution in [2.45, 2.75) is 31.2 Å². The van der Waals surface area contributed by atoms with E-state index in [4.69, 9.17) is 0 Å². The Morgan fingerprint density at radius 3 is 2.43 bits per heavy atom. The Hall–Kier alpha value is -1.92. The van der Waals surface area contributed by atoms with Crippen LogP contribution >= 0.6 is 23.5 Å². The SMILES string of the molecule is CSCCC(NC(=O)c1cccc(C)c1)C(=O)NCCSc1ccc(C)cc1. The molecule has 150 valence electrons. The maximum Gasteiger partial charge on any atom is 0.251 e. The van der Waals surface area contributed by atoms with Crippen LogP contribution in [0.2, 0.25) is 0 Å². The predicted octanol–water partition coefficient (Wildman–Crippen LogP) is 4.06. The molecule has 6 heteroatoms. The van der Waals surface area contributed by atoms with E-state index in [-0.39, 0.29) is 11.8 Å². The third-order valence-corrected chi connectivity index (χ3v) is 5.86. The Morgan fingerprint density at radius 2 is 1.75 bits per heavy atom. The van der Waals surface area contributed by atoms with E-state index >= 15 is 0 Å². The van der Waals surface area contributed by atoms with Crippen LogP contribution in [0.15, 0.2) is 53.4 Å². The number of carbonyl (C=O) groups is 2. The number of thioether (sulfide) groups is 2. The van der Waals surface area contributed by atoms with Crippen molar-refractivity contribution in [3.05, 3.63) is 65.2 Å². The standard InChI is InChI=1S/C22H28N2O2S2/c1-16-7-9-19(10-8-16)28-14-12-23-22(26)20(11-13-27-3)24-21(25)18-6-4-5-17(2)15-18/h4-10,15,20H,11-14H2,1-3H3,(H,23,26)(H,24,25). The van der Waals surface area contributed by atoms with E-state index < -0.39 is 6.04 Å². The van der Waals surface area contributed by atoms with Crippen molar-refractivity contribution >= 4 is 35.3 Å². The molecule has 0 radical (unpaired) electrons. The molecule has 2 rings (SSSR count). The van der Waals surface area contributed by atoms with Gasteiger partial charge >= 0.3 is 0 Å². The molecule has 0 aliphatic rings. The van der Waals surface area contributed by atoms with E-state index in [1.54, 1.807) is 29.6 Å². The molecule has 0 saturated heterocycles. The lowest BCUT2D eigenvalue weighted by molar-refractivity contribution is -0.122. The third-order valence-electron chi connectivity index (χ3n) is 4.20. The van der Waals surface area contributed by atoms with Gasteiger partial charge in [-0.2, -0.15) is 11.8 Å². The highest BCUT2D eigenvalue weighted by Gasteiger charge is 2.20. The summed E-state index contributed by atoms with van der Waals surface area (Å²) in [6.45, 7) is 4.57. The van der Waals surface area contributed by atoms with Gasteiger partial charge in [-0.25, -0.2) is 0 Å². The average molecular weight is 417 g/mol. The summed E-state index contributed by atoms with van der Waals surface area (Å²) >= 11 is 3.37. The first-order valence-electron chi connectivity index (χ1n) is 9.33. The molecule has 0 bridgehead atoms. The quantitative estimate of drug-likeness (QED) is 0.453. The number of carbonyl (C=O) groups excluding carboxylic acids is 2. The third kappa shape index (κ3) is 7.60. The highest BCUT2D eigenvalue weighted by Crippen LogP contribution is 2.17. The largest absolute Gasteiger partial charge is 0.353 e. The summed E-state index contributed by atoms with van der Waals surface area (Å²) in [6, 6.07) is 15.2. The van der Waals surface area contributed by atoms with Gasteiger partial charge in [0.05, 0.1) is 0 Å². The van der Waals surface area contributed by atoms with Crippen LogP contribution in [0.1, 0.15) is 27.9 Å². The zero-order valence-corrected chi connectivity index (χ0v) is 18.3. The Bertz CT molecular complexity index is 778. The van der Waals surface area contributed by atoms with Gasteiger partial charge in [-0.3, -0.25) is 9.59 Å². The fourth-order valence-corrected chi connectivity index (χ4v) is 3.87. The summed E-state index contributed by atoms with van der Waals surface area (Å²) in [5, 5.41) is 5.85. The highest BCUT2D eigenvalue weighted by atomic mass is 32.2. The molecule has 0 spiro atoms. The van der Waals surface area contributed by atoms with E-state index in [0.717, 1.165) is 17.1 Å². The molecular formula is C22H28N2O2S2. The molecule has 0 aliphatic carbocycles. The summed E-state index contributed by atoms with van der Waals surface area (Å²) in [6.07, 6.45) is 2.60. The van der Waals surface area contributed by atoms with Crippen LogP contribution in [-0.4, -0.2) is 42.2 Å². The fourth-order valence-electron chi connectivity index (χ4n) is 2.63. The molecule has 4 nitrogen and oxygen atoms in total. The lowest BCUT2D eigenvalue weighted by Gasteiger charge is -2.18. The molecule has 28 heavy (non-hydrogen) atoms. The van der Waals surface area contributed by atoms with Gasteiger partial charge in [0.1, 0.15) is 6.04 Å². The first-order valence-corrected chi connectivity index (χ1v) is 11.7. The van der Waals surface area contributed by atoms with Gasteiger partial charge in [-0.15, -0.1) is 11.8 Å². The van der Waals surface area contributed by atoms with Gasteiger partial charge in [0, 0.05) is 22.8 Å². The number of hydrogen-bond acceptors (Lipinski definition) is 4. The average Bonchev–Trinajstić information content (AvgIpc) is 2.69. The predicted molar refractivity (Wildman–Crippen MR) is 120 cm³/mol. The number of amides is 2. The van der Waals surface area contributed by atoms with Crippen LogP contribution in [0.25, 0.3) is 0 Å². The molecule has 0 saturated carbocycles. The molecule has 2 N–H and O–H groups in total. The second-order valence-electron chi connectivity index (χ2n) is 6.63. The van der Waals surface area contributed by atoms with Crippen LogP contribution in [-0.2, 0) is 4.79 Å². The van der Waals surface area contributed by atoms with Crippen molar-refractivity contribution in [2.75, 3.05) is 24.3 Å². The molecule has 0 aromatic heterocycles. The van der Waals surface area contributed by atoms with Crippen LogP contribution in [0.3, 0.4) is 0 Å². The minimum absolute atomic E-state index is 0.125. The number of benzene rings is 2. The first kappa shape index (κ1) is 22.4. The van der Waals surface area contributed by atoms with Gasteiger partial charge in [-0.05, 0) is 56.5 Å². The molecule has 1 atom stereocenters. The van der Waals surface area contributed by atoms with E-state index in [0.29, 0.717) is 18.5 Å². The minimum Gasteiger partial charge on any atom is -0.353 e. The van der Waals surface area contributed by atoms with Gasteiger partial charge < -0.3 is 10.6 Å². The molecule has 0 heterocycles. The van der Waals surface area contributed by atoms with E-state index in [1.807, 2.05) is 31.4 Å². The summed E-state index contributed by atoms with van der Waals surface area (Å²) in [4.78, 5) is 26.3. The fraction of sp³-hybridized carbons (Fsp3) is 0.364. The highest BCUT2D eigenvalue weighted by molar-refractivity contribution is 7.99. The molecule has 0 aliphatic heterocycles. The van der Waals surface area contributed by atoms with Gasteiger partial charge in [0.25, 0.3) is 5.91 Å². The summed E-state index contributed by atoms with van der Waals surface area (Å²) in [7, 11) is 0. The smallest absolute Gasteiger partial charge is 0.251 e. The molecule has 2 aromatic rings. The molecule has 0 fully saturated rings. The Balaban J connectivity index is 1.85. The zero-order chi connectivity index (χ0) is 20.4. The molecule has 2 aromatic carbocycles. The normalized spacial score (nSPS) is 11.7. The van der Waals surface area contributed by atoms with Crippen molar-refractivity contribution in [3.8, 4) is 0 Å². The van der Waals surface area contributed by atoms with Crippen molar-refractivity contribution in [3.63, 3.8) is 0 Å². The summed E-state index contributed by atoms with van der Waals surface area (Å²) in [5.74, 6) is 1.26. The van der Waals surface area contributed by atoms with Crippen LogP contribution in [0.5, 0.6) is 0 Å². The first-order chi connectivity index (χ1) is 13.5. The number of hydrogen-bond donors (Lipinski definition) is 2. The molecule has 2 amide bonds. The van der Waals surface area contributed by atoms with Crippen molar-refractivity contribution in [2.24, 2.45) is 0 Å². The van der Waals surface area contributed by atoms with Gasteiger partial charge in [-0.1, -0.05) is 35.4 Å². The number of nitrogens with one attached hydrogen (secondary N) is 2.